The highest BCUT2D eigenvalue weighted by molar-refractivity contribution is 6.43. The maximum absolute atomic E-state index is 13.4. The molecule has 5 nitrogen and oxygen atoms in total. The maximum atomic E-state index is 13.4. The number of aryl methyl sites for hydroxylation is 1. The van der Waals surface area contributed by atoms with Crippen LogP contribution in [-0.2, 0) is 9.59 Å². The summed E-state index contributed by atoms with van der Waals surface area (Å²) < 4.78 is 13.4. The molecule has 0 heterocycles. The monoisotopic (exact) mass is 288 g/mol. The second kappa shape index (κ2) is 6.04. The third kappa shape index (κ3) is 3.56. The second-order valence-electron chi connectivity index (χ2n) is 4.41. The van der Waals surface area contributed by atoms with Crippen LogP contribution in [0.2, 0.25) is 0 Å². The molecule has 0 aromatic heterocycles. The van der Waals surface area contributed by atoms with E-state index in [1.54, 1.807) is 13.0 Å². The number of hydrogen-bond donors (Lipinski definition) is 3. The minimum Gasteiger partial charge on any atom is -0.506 e. The predicted octanol–water partition coefficient (Wildman–Crippen LogP) is 2.42. The van der Waals surface area contributed by atoms with Crippen LogP contribution in [0.5, 0.6) is 5.75 Å². The van der Waals surface area contributed by atoms with Crippen molar-refractivity contribution in [2.24, 2.45) is 0 Å². The van der Waals surface area contributed by atoms with Crippen LogP contribution in [-0.4, -0.2) is 16.9 Å². The van der Waals surface area contributed by atoms with Crippen LogP contribution in [0.25, 0.3) is 0 Å². The summed E-state index contributed by atoms with van der Waals surface area (Å²) in [5, 5.41) is 14.1. The minimum absolute atomic E-state index is 0.0919. The zero-order chi connectivity index (χ0) is 15.4. The highest BCUT2D eigenvalue weighted by Crippen LogP contribution is 2.23. The van der Waals surface area contributed by atoms with Crippen molar-refractivity contribution in [1.29, 1.82) is 0 Å². The first-order valence-electron chi connectivity index (χ1n) is 6.14. The maximum Gasteiger partial charge on any atom is 0.314 e. The lowest BCUT2D eigenvalue weighted by atomic mass is 10.2. The Morgan fingerprint density at radius 1 is 1.00 bits per heavy atom. The van der Waals surface area contributed by atoms with Crippen LogP contribution in [0.15, 0.2) is 42.5 Å². The van der Waals surface area contributed by atoms with Gasteiger partial charge >= 0.3 is 11.8 Å². The third-order valence-corrected chi connectivity index (χ3v) is 2.73. The van der Waals surface area contributed by atoms with Crippen molar-refractivity contribution < 1.29 is 19.1 Å². The number of phenolic OH excluding ortho intramolecular Hbond substituents is 1. The number of carbonyl (C=O) groups excluding carboxylic acids is 2. The highest BCUT2D eigenvalue weighted by atomic mass is 19.1. The van der Waals surface area contributed by atoms with E-state index in [0.29, 0.717) is 0 Å². The van der Waals surface area contributed by atoms with Gasteiger partial charge < -0.3 is 15.7 Å². The van der Waals surface area contributed by atoms with Crippen molar-refractivity contribution in [3.05, 3.63) is 53.8 Å². The van der Waals surface area contributed by atoms with Gasteiger partial charge in [0.25, 0.3) is 0 Å². The lowest BCUT2D eigenvalue weighted by molar-refractivity contribution is -0.133. The Bertz CT molecular complexity index is 701. The van der Waals surface area contributed by atoms with E-state index in [1.165, 1.54) is 36.4 Å². The average Bonchev–Trinajstić information content (AvgIpc) is 2.44. The molecule has 0 unspecified atom stereocenters. The fourth-order valence-electron chi connectivity index (χ4n) is 1.67. The summed E-state index contributed by atoms with van der Waals surface area (Å²) in [5.41, 5.74) is 0.821. The Kier molecular flexibility index (Phi) is 4.18. The van der Waals surface area contributed by atoms with Gasteiger partial charge in [0, 0.05) is 0 Å². The molecule has 0 aliphatic carbocycles. The lowest BCUT2D eigenvalue weighted by Gasteiger charge is -2.08. The first-order chi connectivity index (χ1) is 9.97. The van der Waals surface area contributed by atoms with E-state index in [9.17, 15) is 19.1 Å². The van der Waals surface area contributed by atoms with E-state index in [2.05, 4.69) is 10.6 Å². The molecule has 0 radical (unpaired) electrons. The number of amides is 2. The van der Waals surface area contributed by atoms with Gasteiger partial charge in [-0.1, -0.05) is 18.2 Å². The van der Waals surface area contributed by atoms with Gasteiger partial charge in [-0.3, -0.25) is 9.59 Å². The zero-order valence-corrected chi connectivity index (χ0v) is 11.2. The summed E-state index contributed by atoms with van der Waals surface area (Å²) in [4.78, 5) is 23.4. The Morgan fingerprint density at radius 3 is 2.24 bits per heavy atom. The van der Waals surface area contributed by atoms with Crippen molar-refractivity contribution in [1.82, 2.24) is 0 Å². The van der Waals surface area contributed by atoms with E-state index in [4.69, 9.17) is 0 Å². The minimum atomic E-state index is -1.03. The summed E-state index contributed by atoms with van der Waals surface area (Å²) in [5.74, 6) is -2.82. The number of para-hydroxylation sites is 1. The molecule has 0 atom stereocenters. The van der Waals surface area contributed by atoms with Gasteiger partial charge in [0.05, 0.1) is 11.4 Å². The van der Waals surface area contributed by atoms with Crippen LogP contribution < -0.4 is 10.6 Å². The third-order valence-electron chi connectivity index (χ3n) is 2.73. The van der Waals surface area contributed by atoms with Gasteiger partial charge in [0.15, 0.2) is 0 Å². The molecular formula is C15H13FN2O3. The zero-order valence-electron chi connectivity index (χ0n) is 11.2. The Hall–Kier alpha value is -2.89. The molecule has 0 saturated carbocycles. The molecule has 2 amide bonds. The molecule has 0 aliphatic rings. The fraction of sp³-hybridized carbons (Fsp3) is 0.0667. The van der Waals surface area contributed by atoms with E-state index < -0.39 is 17.6 Å². The number of aromatic hydroxyl groups is 1. The molecule has 2 aromatic rings. The molecule has 2 aromatic carbocycles. The normalized spacial score (nSPS) is 10.0. The quantitative estimate of drug-likeness (QED) is 0.586. The summed E-state index contributed by atoms with van der Waals surface area (Å²) in [6.07, 6.45) is 0. The number of hydrogen-bond acceptors (Lipinski definition) is 3. The molecule has 0 saturated heterocycles. The van der Waals surface area contributed by atoms with Crippen LogP contribution >= 0.6 is 0 Å². The summed E-state index contributed by atoms with van der Waals surface area (Å²) in [7, 11) is 0. The molecule has 0 fully saturated rings. The van der Waals surface area contributed by atoms with Crippen molar-refractivity contribution in [2.75, 3.05) is 10.6 Å². The first-order valence-corrected chi connectivity index (χ1v) is 6.14. The van der Waals surface area contributed by atoms with Crippen LogP contribution in [0.1, 0.15) is 5.56 Å². The standard InChI is InChI=1S/C15H13FN2O3/c1-9-6-7-12(13(19)8-9)18-15(21)14(20)17-11-5-3-2-4-10(11)16/h2-8,19H,1H3,(H,17,20)(H,18,21). The SMILES string of the molecule is Cc1ccc(NC(=O)C(=O)Nc2ccccc2F)c(O)c1. The second-order valence-corrected chi connectivity index (χ2v) is 4.41. The van der Waals surface area contributed by atoms with Gasteiger partial charge in [-0.15, -0.1) is 0 Å². The van der Waals surface area contributed by atoms with Crippen molar-refractivity contribution in [3.8, 4) is 5.75 Å². The van der Waals surface area contributed by atoms with Gasteiger partial charge in [-0.25, -0.2) is 4.39 Å². The Balaban J connectivity index is 2.06. The molecular weight excluding hydrogens is 275 g/mol. The average molecular weight is 288 g/mol. The Labute approximate surface area is 120 Å². The largest absolute Gasteiger partial charge is 0.506 e. The fourth-order valence-corrected chi connectivity index (χ4v) is 1.67. The number of carbonyl (C=O) groups is 2. The number of halogens is 1. The van der Waals surface area contributed by atoms with E-state index in [-0.39, 0.29) is 17.1 Å². The number of benzene rings is 2. The molecule has 6 heteroatoms. The lowest BCUT2D eigenvalue weighted by Crippen LogP contribution is -2.29. The van der Waals surface area contributed by atoms with Gasteiger partial charge in [0.1, 0.15) is 11.6 Å². The molecule has 3 N–H and O–H groups in total. The molecule has 108 valence electrons. The molecule has 2 rings (SSSR count). The van der Waals surface area contributed by atoms with E-state index in [1.807, 2.05) is 0 Å². The van der Waals surface area contributed by atoms with E-state index in [0.717, 1.165) is 5.56 Å². The summed E-state index contributed by atoms with van der Waals surface area (Å²) >= 11 is 0. The van der Waals surface area contributed by atoms with Crippen molar-refractivity contribution in [2.45, 2.75) is 6.92 Å². The topological polar surface area (TPSA) is 78.4 Å². The number of rotatable bonds is 2. The number of phenols is 1. The van der Waals surface area contributed by atoms with Gasteiger partial charge in [-0.05, 0) is 36.8 Å². The van der Waals surface area contributed by atoms with Crippen molar-refractivity contribution in [3.63, 3.8) is 0 Å². The first kappa shape index (κ1) is 14.5. The van der Waals surface area contributed by atoms with Crippen LogP contribution in [0.3, 0.4) is 0 Å². The van der Waals surface area contributed by atoms with Crippen LogP contribution in [0, 0.1) is 12.7 Å². The summed E-state index contributed by atoms with van der Waals surface area (Å²) in [6.45, 7) is 1.77. The molecule has 0 aliphatic heterocycles. The molecule has 21 heavy (non-hydrogen) atoms. The van der Waals surface area contributed by atoms with Gasteiger partial charge in [-0.2, -0.15) is 0 Å². The predicted molar refractivity (Wildman–Crippen MR) is 76.5 cm³/mol. The number of anilines is 2. The van der Waals surface area contributed by atoms with Gasteiger partial charge in [0.2, 0.25) is 0 Å². The molecule has 0 spiro atoms. The van der Waals surface area contributed by atoms with Crippen molar-refractivity contribution >= 4 is 23.2 Å². The summed E-state index contributed by atoms with van der Waals surface area (Å²) in [6, 6.07) is 10.1. The number of nitrogens with one attached hydrogen (secondary N) is 2. The Morgan fingerprint density at radius 2 is 1.62 bits per heavy atom. The highest BCUT2D eigenvalue weighted by Gasteiger charge is 2.16. The van der Waals surface area contributed by atoms with Crippen LogP contribution in [0.4, 0.5) is 15.8 Å². The van der Waals surface area contributed by atoms with E-state index >= 15 is 0 Å². The smallest absolute Gasteiger partial charge is 0.314 e. The molecule has 0 bridgehead atoms.